The fraction of sp³-hybridized carbons (Fsp3) is 0. The van der Waals surface area contributed by atoms with E-state index in [2.05, 4.69) is 97.1 Å². The monoisotopic (exact) mass is 561 g/mol. The average Bonchev–Trinajstić information content (AvgIpc) is 3.65. The van der Waals surface area contributed by atoms with Crippen LogP contribution in [0.25, 0.3) is 88.0 Å². The Morgan fingerprint density at radius 1 is 0.409 bits per heavy atom. The van der Waals surface area contributed by atoms with Crippen molar-refractivity contribution in [2.24, 2.45) is 0 Å². The molecule has 0 radical (unpaired) electrons. The summed E-state index contributed by atoms with van der Waals surface area (Å²) in [5.74, 6) is 0. The minimum atomic E-state index is 0.663. The fourth-order valence-electron chi connectivity index (χ4n) is 6.49. The maximum atomic E-state index is 9.15. The van der Waals surface area contributed by atoms with Crippen LogP contribution in [0, 0.1) is 11.3 Å². The summed E-state index contributed by atoms with van der Waals surface area (Å²) in [6.45, 7) is 0. The Kier molecular flexibility index (Phi) is 5.26. The van der Waals surface area contributed by atoms with E-state index in [1.54, 1.807) is 0 Å². The molecule has 0 unspecified atom stereocenters. The molecule has 44 heavy (non-hydrogen) atoms. The number of hydrogen-bond acceptors (Lipinski definition) is 3. The lowest BCUT2D eigenvalue weighted by molar-refractivity contribution is 0.658. The Labute approximate surface area is 252 Å². The normalized spacial score (nSPS) is 11.6. The topological polar surface area (TPSA) is 50.1 Å². The molecule has 0 bridgehead atoms. The number of rotatable bonds is 3. The quantitative estimate of drug-likeness (QED) is 0.216. The largest absolute Gasteiger partial charge is 0.455 e. The van der Waals surface area contributed by atoms with Gasteiger partial charge in [-0.3, -0.25) is 0 Å². The van der Waals surface area contributed by atoms with Crippen LogP contribution in [0.4, 0.5) is 0 Å². The predicted molar refractivity (Wildman–Crippen MR) is 180 cm³/mol. The first-order valence-corrected chi connectivity index (χ1v) is 14.6. The lowest BCUT2D eigenvalue weighted by atomic mass is 9.94. The zero-order valence-corrected chi connectivity index (χ0v) is 23.5. The van der Waals surface area contributed by atoms with Crippen molar-refractivity contribution in [1.82, 2.24) is 0 Å². The van der Waals surface area contributed by atoms with E-state index in [4.69, 9.17) is 14.1 Å². The van der Waals surface area contributed by atoms with Crippen LogP contribution < -0.4 is 0 Å². The third kappa shape index (κ3) is 3.75. The number of para-hydroxylation sites is 2. The van der Waals surface area contributed by atoms with E-state index in [1.807, 2.05) is 48.5 Å². The van der Waals surface area contributed by atoms with Gasteiger partial charge in [-0.2, -0.15) is 5.26 Å². The molecule has 0 atom stereocenters. The second-order valence-electron chi connectivity index (χ2n) is 11.2. The SMILES string of the molecule is N#Cc1ccc(-c2cccc(-c3ccc4cc(-c5c6oc7ccccc7c6cc6c5oc5ccccc56)ccc4c3)c2)cc1. The molecule has 0 fully saturated rings. The van der Waals surface area contributed by atoms with Crippen molar-refractivity contribution in [2.75, 3.05) is 0 Å². The summed E-state index contributed by atoms with van der Waals surface area (Å²) in [7, 11) is 0. The first-order chi connectivity index (χ1) is 21.7. The van der Waals surface area contributed by atoms with Crippen LogP contribution in [0.3, 0.4) is 0 Å². The Balaban J connectivity index is 1.20. The number of nitriles is 1. The summed E-state index contributed by atoms with van der Waals surface area (Å²) in [5, 5.41) is 15.8. The Bertz CT molecular complexity index is 2520. The van der Waals surface area contributed by atoms with E-state index in [0.29, 0.717) is 5.56 Å². The van der Waals surface area contributed by atoms with Gasteiger partial charge in [0, 0.05) is 21.5 Å². The third-order valence-electron chi connectivity index (χ3n) is 8.68. The molecular weight excluding hydrogens is 538 g/mol. The van der Waals surface area contributed by atoms with Crippen molar-refractivity contribution in [1.29, 1.82) is 5.26 Å². The molecule has 0 spiro atoms. The Hall–Kier alpha value is -6.11. The zero-order valence-electron chi connectivity index (χ0n) is 23.5. The van der Waals surface area contributed by atoms with Crippen LogP contribution in [0.5, 0.6) is 0 Å². The summed E-state index contributed by atoms with van der Waals surface area (Å²) < 4.78 is 13.0. The molecule has 0 aliphatic rings. The van der Waals surface area contributed by atoms with Gasteiger partial charge in [0.05, 0.1) is 17.2 Å². The van der Waals surface area contributed by atoms with Gasteiger partial charge < -0.3 is 8.83 Å². The van der Waals surface area contributed by atoms with Gasteiger partial charge in [0.2, 0.25) is 0 Å². The molecule has 0 aliphatic heterocycles. The number of hydrogen-bond donors (Lipinski definition) is 0. The van der Waals surface area contributed by atoms with E-state index in [9.17, 15) is 0 Å². The smallest absolute Gasteiger partial charge is 0.147 e. The molecule has 0 saturated carbocycles. The highest BCUT2D eigenvalue weighted by atomic mass is 16.3. The number of nitrogens with zero attached hydrogens (tertiary/aromatic N) is 1. The van der Waals surface area contributed by atoms with E-state index >= 15 is 0 Å². The zero-order chi connectivity index (χ0) is 29.2. The summed E-state index contributed by atoms with van der Waals surface area (Å²) in [6.07, 6.45) is 0. The molecule has 9 aromatic rings. The minimum absolute atomic E-state index is 0.663. The summed E-state index contributed by atoms with van der Waals surface area (Å²) in [5.41, 5.74) is 10.6. The van der Waals surface area contributed by atoms with Crippen LogP contribution in [0.2, 0.25) is 0 Å². The highest BCUT2D eigenvalue weighted by molar-refractivity contribution is 6.22. The van der Waals surface area contributed by atoms with Gasteiger partial charge >= 0.3 is 0 Å². The number of benzene rings is 7. The van der Waals surface area contributed by atoms with Gasteiger partial charge in [-0.05, 0) is 87.1 Å². The Morgan fingerprint density at radius 2 is 0.932 bits per heavy atom. The van der Waals surface area contributed by atoms with Crippen molar-refractivity contribution < 1.29 is 8.83 Å². The van der Waals surface area contributed by atoms with E-state index in [1.165, 1.54) is 0 Å². The van der Waals surface area contributed by atoms with E-state index < -0.39 is 0 Å². The summed E-state index contributed by atoms with van der Waals surface area (Å²) >= 11 is 0. The lowest BCUT2D eigenvalue weighted by Gasteiger charge is -2.10. The van der Waals surface area contributed by atoms with Gasteiger partial charge in [0.1, 0.15) is 22.3 Å². The van der Waals surface area contributed by atoms with Gasteiger partial charge in [-0.15, -0.1) is 0 Å². The molecule has 3 nitrogen and oxygen atoms in total. The molecule has 9 rings (SSSR count). The maximum absolute atomic E-state index is 9.15. The minimum Gasteiger partial charge on any atom is -0.455 e. The molecule has 2 heterocycles. The number of fused-ring (bicyclic) bond motifs is 7. The van der Waals surface area contributed by atoms with Gasteiger partial charge in [-0.25, -0.2) is 0 Å². The van der Waals surface area contributed by atoms with Crippen LogP contribution in [-0.2, 0) is 0 Å². The molecule has 0 amide bonds. The van der Waals surface area contributed by atoms with E-state index in [0.717, 1.165) is 88.0 Å². The van der Waals surface area contributed by atoms with Crippen LogP contribution in [0.15, 0.2) is 148 Å². The van der Waals surface area contributed by atoms with E-state index in [-0.39, 0.29) is 0 Å². The van der Waals surface area contributed by atoms with Gasteiger partial charge in [0.15, 0.2) is 0 Å². The Morgan fingerprint density at radius 3 is 1.57 bits per heavy atom. The highest BCUT2D eigenvalue weighted by Crippen LogP contribution is 2.45. The second kappa shape index (κ2) is 9.46. The predicted octanol–water partition coefficient (Wildman–Crippen LogP) is 11.5. The van der Waals surface area contributed by atoms with Gasteiger partial charge in [-0.1, -0.05) is 91.0 Å². The van der Waals surface area contributed by atoms with Crippen molar-refractivity contribution in [3.8, 4) is 39.4 Å². The summed E-state index contributed by atoms with van der Waals surface area (Å²) in [4.78, 5) is 0. The van der Waals surface area contributed by atoms with Crippen LogP contribution in [-0.4, -0.2) is 0 Å². The maximum Gasteiger partial charge on any atom is 0.147 e. The van der Waals surface area contributed by atoms with Crippen LogP contribution in [0.1, 0.15) is 5.56 Å². The first-order valence-electron chi connectivity index (χ1n) is 14.6. The first kappa shape index (κ1) is 24.5. The third-order valence-corrected chi connectivity index (χ3v) is 8.68. The average molecular weight is 562 g/mol. The van der Waals surface area contributed by atoms with Crippen molar-refractivity contribution >= 4 is 54.6 Å². The molecule has 0 aliphatic carbocycles. The van der Waals surface area contributed by atoms with Crippen molar-refractivity contribution in [3.05, 3.63) is 145 Å². The lowest BCUT2D eigenvalue weighted by Crippen LogP contribution is -1.85. The number of furan rings is 2. The standard InChI is InChI=1S/C41H23NO2/c42-24-25-12-14-26(15-13-25)27-6-5-7-28(20-27)29-16-17-31-22-32(19-18-30(31)21-29)39-40-35(33-8-1-3-10-37(33)43-40)23-36-34-9-2-4-11-38(34)44-41(36)39/h1-23H. The van der Waals surface area contributed by atoms with Crippen molar-refractivity contribution in [3.63, 3.8) is 0 Å². The molecule has 204 valence electrons. The molecule has 0 saturated heterocycles. The molecule has 2 aromatic heterocycles. The summed E-state index contributed by atoms with van der Waals surface area (Å²) in [6, 6.07) is 50.3. The van der Waals surface area contributed by atoms with Crippen molar-refractivity contribution in [2.45, 2.75) is 0 Å². The molecular formula is C41H23NO2. The molecule has 3 heteroatoms. The van der Waals surface area contributed by atoms with Crippen LogP contribution >= 0.6 is 0 Å². The highest BCUT2D eigenvalue weighted by Gasteiger charge is 2.21. The molecule has 0 N–H and O–H groups in total. The molecule has 7 aromatic carbocycles. The second-order valence-corrected chi connectivity index (χ2v) is 11.2. The fourth-order valence-corrected chi connectivity index (χ4v) is 6.49. The van der Waals surface area contributed by atoms with Gasteiger partial charge in [0.25, 0.3) is 0 Å².